The molecular weight excluding hydrogens is 417 g/mol. The lowest BCUT2D eigenvalue weighted by Crippen LogP contribution is -2.41. The summed E-state index contributed by atoms with van der Waals surface area (Å²) in [5, 5.41) is 10.4. The number of anilines is 1. The van der Waals surface area contributed by atoms with Gasteiger partial charge in [-0.25, -0.2) is 0 Å². The molecule has 0 spiro atoms. The molecule has 0 unspecified atom stereocenters. The number of nitrogens with zero attached hydrogens (tertiary/aromatic N) is 3. The van der Waals surface area contributed by atoms with E-state index in [9.17, 15) is 0 Å². The third kappa shape index (κ3) is 6.38. The van der Waals surface area contributed by atoms with E-state index in [0.29, 0.717) is 6.54 Å². The molecule has 132 valence electrons. The maximum absolute atomic E-state index is 4.81. The molecule has 0 amide bonds. The lowest BCUT2D eigenvalue weighted by Gasteiger charge is -2.24. The van der Waals surface area contributed by atoms with Gasteiger partial charge in [-0.05, 0) is 31.5 Å². The minimum absolute atomic E-state index is 0. The van der Waals surface area contributed by atoms with Gasteiger partial charge >= 0.3 is 0 Å². The summed E-state index contributed by atoms with van der Waals surface area (Å²) >= 11 is 0. The zero-order valence-electron chi connectivity index (χ0n) is 14.5. The summed E-state index contributed by atoms with van der Waals surface area (Å²) in [5.41, 5.74) is 3.38. The highest BCUT2D eigenvalue weighted by molar-refractivity contribution is 14.0. The Hall–Kier alpha value is -1.77. The predicted molar refractivity (Wildman–Crippen MR) is 109 cm³/mol. The van der Waals surface area contributed by atoms with Gasteiger partial charge in [0.25, 0.3) is 0 Å². The molecule has 2 aromatic rings. The number of aliphatic imine (C=N–C) groups is 1. The maximum Gasteiger partial charge on any atom is 0.191 e. The molecule has 2 N–H and O–H groups in total. The van der Waals surface area contributed by atoms with Crippen molar-refractivity contribution in [2.75, 3.05) is 31.6 Å². The van der Waals surface area contributed by atoms with Crippen LogP contribution in [0.2, 0.25) is 0 Å². The first kappa shape index (κ1) is 20.3. The molecule has 0 aliphatic carbocycles. The van der Waals surface area contributed by atoms with Gasteiger partial charge in [-0.1, -0.05) is 17.3 Å². The molecule has 1 aromatic heterocycles. The topological polar surface area (TPSA) is 65.7 Å². The fourth-order valence-electron chi connectivity index (χ4n) is 2.33. The van der Waals surface area contributed by atoms with E-state index in [1.54, 1.807) is 13.3 Å². The van der Waals surface area contributed by atoms with Crippen LogP contribution in [0, 0.1) is 6.92 Å². The second-order valence-electron chi connectivity index (χ2n) is 5.26. The summed E-state index contributed by atoms with van der Waals surface area (Å²) in [6, 6.07) is 10.4. The van der Waals surface area contributed by atoms with E-state index in [4.69, 9.17) is 4.52 Å². The van der Waals surface area contributed by atoms with Gasteiger partial charge in [0.2, 0.25) is 0 Å². The summed E-state index contributed by atoms with van der Waals surface area (Å²) in [5.74, 6) is 0.758. The smallest absolute Gasteiger partial charge is 0.191 e. The van der Waals surface area contributed by atoms with Crippen LogP contribution in [-0.2, 0) is 6.54 Å². The minimum Gasteiger partial charge on any atom is -0.370 e. The Kier molecular flexibility index (Phi) is 9.21. The molecule has 7 heteroatoms. The molecule has 0 aliphatic rings. The van der Waals surface area contributed by atoms with Crippen LogP contribution in [0.4, 0.5) is 5.69 Å². The van der Waals surface area contributed by atoms with Crippen molar-refractivity contribution in [3.63, 3.8) is 0 Å². The number of halogens is 1. The monoisotopic (exact) mass is 443 g/mol. The van der Waals surface area contributed by atoms with Crippen molar-refractivity contribution in [2.45, 2.75) is 20.4 Å². The quantitative estimate of drug-likeness (QED) is 0.392. The highest BCUT2D eigenvalue weighted by Crippen LogP contribution is 2.14. The Morgan fingerprint density at radius 3 is 2.75 bits per heavy atom. The number of nitrogens with one attached hydrogen (secondary N) is 2. The van der Waals surface area contributed by atoms with Gasteiger partial charge in [0, 0.05) is 38.4 Å². The molecule has 0 aliphatic heterocycles. The third-order valence-electron chi connectivity index (χ3n) is 3.57. The molecule has 0 radical (unpaired) electrons. The number of likely N-dealkylation sites (N-methyl/N-ethyl adjacent to an activating group) is 1. The summed E-state index contributed by atoms with van der Waals surface area (Å²) in [7, 11) is 1.76. The van der Waals surface area contributed by atoms with E-state index in [1.807, 2.05) is 6.07 Å². The molecule has 1 aromatic carbocycles. The average molecular weight is 443 g/mol. The largest absolute Gasteiger partial charge is 0.370 e. The zero-order chi connectivity index (χ0) is 16.5. The van der Waals surface area contributed by atoms with E-state index in [1.165, 1.54) is 11.3 Å². The predicted octanol–water partition coefficient (Wildman–Crippen LogP) is 2.79. The molecule has 0 bridgehead atoms. The van der Waals surface area contributed by atoms with Gasteiger partial charge in [0.15, 0.2) is 5.96 Å². The van der Waals surface area contributed by atoms with Crippen molar-refractivity contribution >= 4 is 35.6 Å². The highest BCUT2D eigenvalue weighted by atomic mass is 127. The maximum atomic E-state index is 4.81. The standard InChI is InChI=1S/C17H25N5O.HI/c1-4-22(16-7-5-6-14(2)12-16)10-9-19-17(18-3)20-13-15-8-11-23-21-15;/h5-8,11-12H,4,9-10,13H2,1-3H3,(H2,18,19,20);1H. The van der Waals surface area contributed by atoms with Crippen LogP contribution in [0.3, 0.4) is 0 Å². The number of guanidine groups is 1. The fraction of sp³-hybridized carbons (Fsp3) is 0.412. The van der Waals surface area contributed by atoms with Crippen LogP contribution in [0.25, 0.3) is 0 Å². The molecule has 2 rings (SSSR count). The van der Waals surface area contributed by atoms with Crippen LogP contribution >= 0.6 is 24.0 Å². The lowest BCUT2D eigenvalue weighted by atomic mass is 10.2. The van der Waals surface area contributed by atoms with Crippen LogP contribution in [0.5, 0.6) is 0 Å². The van der Waals surface area contributed by atoms with E-state index < -0.39 is 0 Å². The summed E-state index contributed by atoms with van der Waals surface area (Å²) < 4.78 is 4.81. The van der Waals surface area contributed by atoms with Crippen LogP contribution in [0.15, 0.2) is 46.1 Å². The molecule has 0 saturated carbocycles. The first-order chi connectivity index (χ1) is 11.2. The SMILES string of the molecule is CCN(CCNC(=NC)NCc1ccon1)c1cccc(C)c1.I. The first-order valence-electron chi connectivity index (χ1n) is 7.88. The van der Waals surface area contributed by atoms with Crippen LogP contribution < -0.4 is 15.5 Å². The Morgan fingerprint density at radius 2 is 2.12 bits per heavy atom. The summed E-state index contributed by atoms with van der Waals surface area (Å²) in [6.07, 6.45) is 1.56. The number of benzene rings is 1. The van der Waals surface area contributed by atoms with Gasteiger partial charge in [0.05, 0.1) is 6.54 Å². The van der Waals surface area contributed by atoms with E-state index in [-0.39, 0.29) is 24.0 Å². The third-order valence-corrected chi connectivity index (χ3v) is 3.57. The van der Waals surface area contributed by atoms with Gasteiger partial charge in [-0.15, -0.1) is 24.0 Å². The second-order valence-corrected chi connectivity index (χ2v) is 5.26. The lowest BCUT2D eigenvalue weighted by molar-refractivity contribution is 0.410. The molecule has 0 atom stereocenters. The number of rotatable bonds is 7. The zero-order valence-corrected chi connectivity index (χ0v) is 16.8. The fourth-order valence-corrected chi connectivity index (χ4v) is 2.33. The number of hydrogen-bond donors (Lipinski definition) is 2. The first-order valence-corrected chi connectivity index (χ1v) is 7.88. The Morgan fingerprint density at radius 1 is 1.29 bits per heavy atom. The average Bonchev–Trinajstić information content (AvgIpc) is 3.08. The minimum atomic E-state index is 0. The number of aryl methyl sites for hydroxylation is 1. The van der Waals surface area contributed by atoms with E-state index in [0.717, 1.165) is 31.3 Å². The summed E-state index contributed by atoms with van der Waals surface area (Å²) in [6.45, 7) is 7.55. The normalized spacial score (nSPS) is 10.9. The van der Waals surface area contributed by atoms with Crippen molar-refractivity contribution in [3.8, 4) is 0 Å². The Bertz CT molecular complexity index is 615. The molecular formula is C17H26IN5O. The van der Waals surface area contributed by atoms with Gasteiger partial charge in [-0.3, -0.25) is 4.99 Å². The van der Waals surface area contributed by atoms with E-state index in [2.05, 4.69) is 63.8 Å². The van der Waals surface area contributed by atoms with Crippen molar-refractivity contribution in [3.05, 3.63) is 47.9 Å². The van der Waals surface area contributed by atoms with Crippen molar-refractivity contribution in [1.29, 1.82) is 0 Å². The second kappa shape index (κ2) is 10.9. The molecule has 0 fully saturated rings. The van der Waals surface area contributed by atoms with Crippen molar-refractivity contribution in [1.82, 2.24) is 15.8 Å². The van der Waals surface area contributed by atoms with E-state index >= 15 is 0 Å². The van der Waals surface area contributed by atoms with Gasteiger partial charge < -0.3 is 20.1 Å². The molecule has 24 heavy (non-hydrogen) atoms. The summed E-state index contributed by atoms with van der Waals surface area (Å²) in [4.78, 5) is 6.55. The van der Waals surface area contributed by atoms with Gasteiger partial charge in [-0.2, -0.15) is 0 Å². The van der Waals surface area contributed by atoms with Crippen LogP contribution in [-0.4, -0.2) is 37.8 Å². The molecule has 1 heterocycles. The number of aromatic nitrogens is 1. The molecule has 0 saturated heterocycles. The van der Waals surface area contributed by atoms with Crippen LogP contribution in [0.1, 0.15) is 18.2 Å². The number of hydrogen-bond acceptors (Lipinski definition) is 4. The van der Waals surface area contributed by atoms with Crippen molar-refractivity contribution in [2.24, 2.45) is 4.99 Å². The Labute approximate surface area is 160 Å². The Balaban J connectivity index is 0.00000288. The molecule has 6 nitrogen and oxygen atoms in total. The van der Waals surface area contributed by atoms with Crippen molar-refractivity contribution < 1.29 is 4.52 Å². The van der Waals surface area contributed by atoms with Gasteiger partial charge in [0.1, 0.15) is 12.0 Å². The highest BCUT2D eigenvalue weighted by Gasteiger charge is 2.05.